The number of ether oxygens (including phenoxy) is 1. The number of benzene rings is 2. The van der Waals surface area contributed by atoms with Gasteiger partial charge in [0, 0.05) is 25.0 Å². The summed E-state index contributed by atoms with van der Waals surface area (Å²) < 4.78 is 5.40. The number of morpholine rings is 1. The maximum Gasteiger partial charge on any atom is 0.0927 e. The van der Waals surface area contributed by atoms with Gasteiger partial charge in [0.25, 0.3) is 0 Å². The first-order valence-corrected chi connectivity index (χ1v) is 8.39. The molecule has 4 rings (SSSR count). The smallest absolute Gasteiger partial charge is 0.0927 e. The Kier molecular flexibility index (Phi) is 4.40. The molecule has 0 amide bonds. The lowest BCUT2D eigenvalue weighted by atomic mass is 10.1. The highest BCUT2D eigenvalue weighted by Crippen LogP contribution is 2.18. The molecule has 4 nitrogen and oxygen atoms in total. The van der Waals surface area contributed by atoms with Gasteiger partial charge in [0.1, 0.15) is 0 Å². The van der Waals surface area contributed by atoms with Crippen molar-refractivity contribution < 1.29 is 4.74 Å². The van der Waals surface area contributed by atoms with E-state index in [1.807, 2.05) is 18.2 Å². The highest BCUT2D eigenvalue weighted by molar-refractivity contribution is 5.89. The molecule has 2 aromatic carbocycles. The minimum Gasteiger partial charge on any atom is -0.379 e. The number of hydrogen-bond donors (Lipinski definition) is 1. The Hall–Kier alpha value is -2.43. The number of nitrogens with one attached hydrogen (secondary N) is 1. The molecule has 4 heteroatoms. The summed E-state index contributed by atoms with van der Waals surface area (Å²) in [5.41, 5.74) is 4.58. The van der Waals surface area contributed by atoms with Crippen molar-refractivity contribution in [3.8, 4) is 0 Å². The second-order valence-electron chi connectivity index (χ2n) is 6.12. The Labute approximate surface area is 141 Å². The zero-order valence-corrected chi connectivity index (χ0v) is 13.6. The average Bonchev–Trinajstić information content (AvgIpc) is 3.05. The first kappa shape index (κ1) is 15.1. The quantitative estimate of drug-likeness (QED) is 0.799. The number of fused-ring (bicyclic) bond motifs is 1. The van der Waals surface area contributed by atoms with Crippen LogP contribution in [-0.4, -0.2) is 41.4 Å². The van der Waals surface area contributed by atoms with Gasteiger partial charge in [-0.1, -0.05) is 48.5 Å². The largest absolute Gasteiger partial charge is 0.379 e. The van der Waals surface area contributed by atoms with E-state index in [9.17, 15) is 0 Å². The second-order valence-corrected chi connectivity index (χ2v) is 6.12. The van der Waals surface area contributed by atoms with Gasteiger partial charge in [0.15, 0.2) is 0 Å². The van der Waals surface area contributed by atoms with Crippen LogP contribution in [0.25, 0.3) is 23.1 Å². The third-order valence-corrected chi connectivity index (χ3v) is 4.42. The maximum atomic E-state index is 5.40. The Balaban J connectivity index is 1.45. The van der Waals surface area contributed by atoms with E-state index in [2.05, 4.69) is 57.6 Å². The molecule has 24 heavy (non-hydrogen) atoms. The van der Waals surface area contributed by atoms with E-state index in [4.69, 9.17) is 4.74 Å². The first-order valence-electron chi connectivity index (χ1n) is 8.39. The van der Waals surface area contributed by atoms with Gasteiger partial charge in [0.05, 0.1) is 24.4 Å². The number of para-hydroxylation sites is 1. The van der Waals surface area contributed by atoms with Crippen molar-refractivity contribution in [2.75, 3.05) is 26.3 Å². The van der Waals surface area contributed by atoms with Crippen LogP contribution in [0.1, 0.15) is 16.8 Å². The number of H-pyrrole nitrogens is 1. The fraction of sp³-hybridized carbons (Fsp3) is 0.250. The SMILES string of the molecule is C(=C\c1n[nH]c2ccccc12)/c1ccc(CN2CCOCC2)cc1. The highest BCUT2D eigenvalue weighted by Gasteiger charge is 2.10. The molecule has 1 N–H and O–H groups in total. The first-order chi connectivity index (χ1) is 11.9. The summed E-state index contributed by atoms with van der Waals surface area (Å²) in [5.74, 6) is 0. The van der Waals surface area contributed by atoms with Crippen LogP contribution >= 0.6 is 0 Å². The standard InChI is InChI=1S/C20H21N3O/c1-2-4-19-18(3-1)20(22-21-19)10-9-16-5-7-17(8-6-16)15-23-11-13-24-14-12-23/h1-10H,11-15H2,(H,21,22)/b10-9+. The second kappa shape index (κ2) is 6.99. The molecular weight excluding hydrogens is 298 g/mol. The van der Waals surface area contributed by atoms with Crippen molar-refractivity contribution in [2.24, 2.45) is 0 Å². The van der Waals surface area contributed by atoms with Gasteiger partial charge in [0.2, 0.25) is 0 Å². The third-order valence-electron chi connectivity index (χ3n) is 4.42. The molecule has 0 radical (unpaired) electrons. The Bertz CT molecular complexity index is 829. The molecule has 0 spiro atoms. The van der Waals surface area contributed by atoms with Crippen LogP contribution in [0.3, 0.4) is 0 Å². The summed E-state index contributed by atoms with van der Waals surface area (Å²) in [6, 6.07) is 16.9. The Morgan fingerprint density at radius 3 is 2.62 bits per heavy atom. The summed E-state index contributed by atoms with van der Waals surface area (Å²) in [6.07, 6.45) is 4.18. The molecular formula is C20H21N3O. The topological polar surface area (TPSA) is 41.2 Å². The van der Waals surface area contributed by atoms with E-state index in [0.29, 0.717) is 0 Å². The van der Waals surface area contributed by atoms with Crippen molar-refractivity contribution >= 4 is 23.1 Å². The van der Waals surface area contributed by atoms with Gasteiger partial charge in [-0.25, -0.2) is 0 Å². The summed E-state index contributed by atoms with van der Waals surface area (Å²) in [6.45, 7) is 4.73. The highest BCUT2D eigenvalue weighted by atomic mass is 16.5. The van der Waals surface area contributed by atoms with Crippen LogP contribution in [-0.2, 0) is 11.3 Å². The lowest BCUT2D eigenvalue weighted by Gasteiger charge is -2.26. The molecule has 0 saturated carbocycles. The Morgan fingerprint density at radius 1 is 1.00 bits per heavy atom. The van der Waals surface area contributed by atoms with Crippen molar-refractivity contribution in [2.45, 2.75) is 6.54 Å². The van der Waals surface area contributed by atoms with Crippen LogP contribution < -0.4 is 0 Å². The molecule has 0 unspecified atom stereocenters. The van der Waals surface area contributed by atoms with Crippen molar-refractivity contribution in [1.82, 2.24) is 15.1 Å². The molecule has 0 bridgehead atoms. The molecule has 1 aliphatic rings. The zero-order valence-electron chi connectivity index (χ0n) is 13.6. The van der Waals surface area contributed by atoms with Crippen LogP contribution in [0.4, 0.5) is 0 Å². The minimum atomic E-state index is 0.846. The average molecular weight is 319 g/mol. The molecule has 1 fully saturated rings. The van der Waals surface area contributed by atoms with E-state index in [1.165, 1.54) is 11.1 Å². The van der Waals surface area contributed by atoms with Crippen LogP contribution in [0, 0.1) is 0 Å². The number of aromatic amines is 1. The van der Waals surface area contributed by atoms with Gasteiger partial charge in [-0.05, 0) is 23.3 Å². The van der Waals surface area contributed by atoms with Gasteiger partial charge in [-0.15, -0.1) is 0 Å². The third kappa shape index (κ3) is 3.40. The minimum absolute atomic E-state index is 0.846. The molecule has 1 aliphatic heterocycles. The number of hydrogen-bond acceptors (Lipinski definition) is 3. The predicted molar refractivity (Wildman–Crippen MR) is 97.6 cm³/mol. The summed E-state index contributed by atoms with van der Waals surface area (Å²) >= 11 is 0. The summed E-state index contributed by atoms with van der Waals surface area (Å²) in [4.78, 5) is 2.43. The molecule has 122 valence electrons. The van der Waals surface area contributed by atoms with E-state index in [1.54, 1.807) is 0 Å². The van der Waals surface area contributed by atoms with Crippen LogP contribution in [0.5, 0.6) is 0 Å². The van der Waals surface area contributed by atoms with E-state index >= 15 is 0 Å². The molecule has 2 heterocycles. The van der Waals surface area contributed by atoms with Gasteiger partial charge >= 0.3 is 0 Å². The fourth-order valence-electron chi connectivity index (χ4n) is 3.04. The number of aromatic nitrogens is 2. The molecule has 3 aromatic rings. The molecule has 0 aliphatic carbocycles. The maximum absolute atomic E-state index is 5.40. The summed E-state index contributed by atoms with van der Waals surface area (Å²) in [5, 5.41) is 8.59. The Morgan fingerprint density at radius 2 is 1.79 bits per heavy atom. The normalized spacial score (nSPS) is 16.2. The lowest BCUT2D eigenvalue weighted by Crippen LogP contribution is -2.35. The zero-order chi connectivity index (χ0) is 16.2. The fourth-order valence-corrected chi connectivity index (χ4v) is 3.04. The number of nitrogens with zero attached hydrogens (tertiary/aromatic N) is 2. The van der Waals surface area contributed by atoms with E-state index in [-0.39, 0.29) is 0 Å². The van der Waals surface area contributed by atoms with Gasteiger partial charge in [-0.3, -0.25) is 10.00 Å². The monoisotopic (exact) mass is 319 g/mol. The van der Waals surface area contributed by atoms with Crippen LogP contribution in [0.2, 0.25) is 0 Å². The number of rotatable bonds is 4. The van der Waals surface area contributed by atoms with Gasteiger partial charge < -0.3 is 4.74 Å². The summed E-state index contributed by atoms with van der Waals surface area (Å²) in [7, 11) is 0. The van der Waals surface area contributed by atoms with Crippen molar-refractivity contribution in [3.63, 3.8) is 0 Å². The van der Waals surface area contributed by atoms with Crippen molar-refractivity contribution in [3.05, 3.63) is 65.4 Å². The van der Waals surface area contributed by atoms with Crippen LogP contribution in [0.15, 0.2) is 48.5 Å². The molecule has 1 aromatic heterocycles. The van der Waals surface area contributed by atoms with E-state index in [0.717, 1.165) is 49.4 Å². The van der Waals surface area contributed by atoms with Crippen molar-refractivity contribution in [1.29, 1.82) is 0 Å². The van der Waals surface area contributed by atoms with Gasteiger partial charge in [-0.2, -0.15) is 5.10 Å². The molecule has 0 atom stereocenters. The molecule has 1 saturated heterocycles. The lowest BCUT2D eigenvalue weighted by molar-refractivity contribution is 0.0342. The predicted octanol–water partition coefficient (Wildman–Crippen LogP) is 3.57. The van der Waals surface area contributed by atoms with E-state index < -0.39 is 0 Å².